The minimum atomic E-state index is -0.00716. The van der Waals surface area contributed by atoms with Gasteiger partial charge in [0.1, 0.15) is 6.10 Å². The number of piperidine rings is 1. The lowest BCUT2D eigenvalue weighted by molar-refractivity contribution is 0.0460. The van der Waals surface area contributed by atoms with Crippen LogP contribution >= 0.6 is 0 Å². The fourth-order valence-electron chi connectivity index (χ4n) is 4.87. The fraction of sp³-hybridized carbons (Fsp3) is 0.400. The van der Waals surface area contributed by atoms with Gasteiger partial charge in [-0.3, -0.25) is 0 Å². The van der Waals surface area contributed by atoms with Crippen LogP contribution in [0.4, 0.5) is 0 Å². The van der Waals surface area contributed by atoms with Crippen LogP contribution < -0.4 is 0 Å². The second-order valence-corrected chi connectivity index (χ2v) is 9.21. The molecule has 0 aliphatic carbocycles. The van der Waals surface area contributed by atoms with Crippen LogP contribution in [0.2, 0.25) is 0 Å². The van der Waals surface area contributed by atoms with Gasteiger partial charge in [-0.05, 0) is 69.1 Å². The van der Waals surface area contributed by atoms with Gasteiger partial charge in [-0.1, -0.05) is 91.0 Å². The summed E-state index contributed by atoms with van der Waals surface area (Å²) in [4.78, 5) is 5.15. The van der Waals surface area contributed by atoms with E-state index in [1.165, 1.54) is 62.0 Å². The van der Waals surface area contributed by atoms with E-state index in [9.17, 15) is 0 Å². The molecule has 4 rings (SSSR count). The van der Waals surface area contributed by atoms with Crippen molar-refractivity contribution in [2.45, 2.75) is 37.8 Å². The molecule has 0 saturated carbocycles. The van der Waals surface area contributed by atoms with E-state index >= 15 is 0 Å². The Balaban J connectivity index is 1.19. The SMILES string of the molecule is CN(CCOC(c1ccccc1)c1ccccc1)C1CCN(CCCc2ccccc2)CC1. The highest BCUT2D eigenvalue weighted by Crippen LogP contribution is 2.26. The molecule has 3 aromatic carbocycles. The summed E-state index contributed by atoms with van der Waals surface area (Å²) in [7, 11) is 2.26. The van der Waals surface area contributed by atoms with Gasteiger partial charge in [0.25, 0.3) is 0 Å². The molecular formula is C30H38N2O. The van der Waals surface area contributed by atoms with Gasteiger partial charge in [0, 0.05) is 12.6 Å². The summed E-state index contributed by atoms with van der Waals surface area (Å²) in [5.74, 6) is 0. The predicted molar refractivity (Wildman–Crippen MR) is 138 cm³/mol. The zero-order valence-electron chi connectivity index (χ0n) is 20.0. The number of hydrogen-bond donors (Lipinski definition) is 0. The molecule has 0 radical (unpaired) electrons. The molecule has 3 heteroatoms. The highest BCUT2D eigenvalue weighted by atomic mass is 16.5. The summed E-state index contributed by atoms with van der Waals surface area (Å²) in [5.41, 5.74) is 3.89. The van der Waals surface area contributed by atoms with E-state index in [0.29, 0.717) is 6.04 Å². The average Bonchev–Trinajstić information content (AvgIpc) is 2.88. The van der Waals surface area contributed by atoms with E-state index in [0.717, 1.165) is 13.2 Å². The quantitative estimate of drug-likeness (QED) is 0.372. The van der Waals surface area contributed by atoms with Gasteiger partial charge in [-0.25, -0.2) is 0 Å². The van der Waals surface area contributed by atoms with E-state index in [1.807, 2.05) is 0 Å². The maximum Gasteiger partial charge on any atom is 0.108 e. The summed E-state index contributed by atoms with van der Waals surface area (Å²) < 4.78 is 6.44. The van der Waals surface area contributed by atoms with Crippen LogP contribution in [0.3, 0.4) is 0 Å². The van der Waals surface area contributed by atoms with Crippen LogP contribution in [0.15, 0.2) is 91.0 Å². The van der Waals surface area contributed by atoms with Crippen LogP contribution in [-0.4, -0.2) is 55.7 Å². The second kappa shape index (κ2) is 12.7. The molecule has 33 heavy (non-hydrogen) atoms. The van der Waals surface area contributed by atoms with Crippen LogP contribution in [-0.2, 0) is 11.2 Å². The summed E-state index contributed by atoms with van der Waals surface area (Å²) in [6.07, 6.45) is 4.93. The minimum absolute atomic E-state index is 0.00716. The smallest absolute Gasteiger partial charge is 0.108 e. The van der Waals surface area contributed by atoms with Crippen molar-refractivity contribution in [1.82, 2.24) is 9.80 Å². The molecule has 0 unspecified atom stereocenters. The molecule has 1 heterocycles. The molecule has 3 aromatic rings. The fourth-order valence-corrected chi connectivity index (χ4v) is 4.87. The van der Waals surface area contributed by atoms with Crippen molar-refractivity contribution in [1.29, 1.82) is 0 Å². The Morgan fingerprint density at radius 1 is 0.818 bits per heavy atom. The Bertz CT molecular complexity index is 868. The van der Waals surface area contributed by atoms with Crippen LogP contribution in [0.5, 0.6) is 0 Å². The average molecular weight is 443 g/mol. The maximum absolute atomic E-state index is 6.44. The molecule has 0 bridgehead atoms. The molecule has 0 spiro atoms. The first-order chi connectivity index (χ1) is 16.3. The highest BCUT2D eigenvalue weighted by Gasteiger charge is 2.22. The molecule has 1 fully saturated rings. The first-order valence-corrected chi connectivity index (χ1v) is 12.5. The largest absolute Gasteiger partial charge is 0.367 e. The van der Waals surface area contributed by atoms with Gasteiger partial charge in [0.05, 0.1) is 6.61 Å². The molecule has 0 amide bonds. The summed E-state index contributed by atoms with van der Waals surface area (Å²) in [6.45, 7) is 5.34. The van der Waals surface area contributed by atoms with Crippen molar-refractivity contribution in [3.8, 4) is 0 Å². The van der Waals surface area contributed by atoms with Gasteiger partial charge in [0.15, 0.2) is 0 Å². The number of rotatable bonds is 11. The Morgan fingerprint density at radius 2 is 1.36 bits per heavy atom. The number of hydrogen-bond acceptors (Lipinski definition) is 3. The van der Waals surface area contributed by atoms with E-state index in [2.05, 4.69) is 108 Å². The standard InChI is InChI=1S/C30H38N2O/c1-31(29-19-22-32(23-20-29)21-11-14-26-12-5-2-6-13-26)24-25-33-30(27-15-7-3-8-16-27)28-17-9-4-10-18-28/h2-10,12-13,15-18,29-30H,11,14,19-25H2,1H3. The molecule has 3 nitrogen and oxygen atoms in total. The van der Waals surface area contributed by atoms with Gasteiger partial charge in [0.2, 0.25) is 0 Å². The normalized spacial score (nSPS) is 15.4. The number of ether oxygens (including phenoxy) is 1. The van der Waals surface area contributed by atoms with E-state index < -0.39 is 0 Å². The van der Waals surface area contributed by atoms with Crippen molar-refractivity contribution in [2.24, 2.45) is 0 Å². The number of nitrogens with zero attached hydrogens (tertiary/aromatic N) is 2. The van der Waals surface area contributed by atoms with E-state index in [4.69, 9.17) is 4.74 Å². The van der Waals surface area contributed by atoms with E-state index in [1.54, 1.807) is 0 Å². The van der Waals surface area contributed by atoms with Gasteiger partial charge < -0.3 is 14.5 Å². The molecule has 0 atom stereocenters. The summed E-state index contributed by atoms with van der Waals surface area (Å²) in [5, 5.41) is 0. The molecule has 174 valence electrons. The topological polar surface area (TPSA) is 15.7 Å². The van der Waals surface area contributed by atoms with Crippen molar-refractivity contribution >= 4 is 0 Å². The van der Waals surface area contributed by atoms with Crippen LogP contribution in [0, 0.1) is 0 Å². The Hall–Kier alpha value is -2.46. The zero-order chi connectivity index (χ0) is 22.7. The lowest BCUT2D eigenvalue weighted by Gasteiger charge is -2.37. The maximum atomic E-state index is 6.44. The summed E-state index contributed by atoms with van der Waals surface area (Å²) in [6, 6.07) is 32.7. The Morgan fingerprint density at radius 3 is 1.94 bits per heavy atom. The van der Waals surface area contributed by atoms with Crippen molar-refractivity contribution in [3.05, 3.63) is 108 Å². The van der Waals surface area contributed by atoms with Gasteiger partial charge in [-0.2, -0.15) is 0 Å². The van der Waals surface area contributed by atoms with Gasteiger partial charge in [-0.15, -0.1) is 0 Å². The Labute approximate surface area is 200 Å². The number of likely N-dealkylation sites (tertiary alicyclic amines) is 1. The molecular weight excluding hydrogens is 404 g/mol. The molecule has 0 N–H and O–H groups in total. The second-order valence-electron chi connectivity index (χ2n) is 9.21. The first kappa shape index (κ1) is 23.7. The lowest BCUT2D eigenvalue weighted by atomic mass is 10.0. The predicted octanol–water partition coefficient (Wildman–Crippen LogP) is 5.82. The van der Waals surface area contributed by atoms with Crippen molar-refractivity contribution < 1.29 is 4.74 Å². The van der Waals surface area contributed by atoms with Crippen LogP contribution in [0.1, 0.15) is 42.1 Å². The molecule has 1 saturated heterocycles. The van der Waals surface area contributed by atoms with Crippen LogP contribution in [0.25, 0.3) is 0 Å². The third kappa shape index (κ3) is 7.26. The first-order valence-electron chi connectivity index (χ1n) is 12.5. The monoisotopic (exact) mass is 442 g/mol. The molecule has 1 aliphatic rings. The minimum Gasteiger partial charge on any atom is -0.367 e. The molecule has 0 aromatic heterocycles. The van der Waals surface area contributed by atoms with Crippen molar-refractivity contribution in [2.75, 3.05) is 39.8 Å². The van der Waals surface area contributed by atoms with Gasteiger partial charge >= 0.3 is 0 Å². The number of likely N-dealkylation sites (N-methyl/N-ethyl adjacent to an activating group) is 1. The summed E-state index contributed by atoms with van der Waals surface area (Å²) >= 11 is 0. The number of aryl methyl sites for hydroxylation is 1. The third-order valence-corrected chi connectivity index (χ3v) is 6.90. The van der Waals surface area contributed by atoms with Crippen molar-refractivity contribution in [3.63, 3.8) is 0 Å². The Kier molecular flexibility index (Phi) is 9.11. The number of benzene rings is 3. The third-order valence-electron chi connectivity index (χ3n) is 6.90. The lowest BCUT2D eigenvalue weighted by Crippen LogP contribution is -2.44. The zero-order valence-corrected chi connectivity index (χ0v) is 20.0. The molecule has 1 aliphatic heterocycles. The highest BCUT2D eigenvalue weighted by molar-refractivity contribution is 5.29. The van der Waals surface area contributed by atoms with E-state index in [-0.39, 0.29) is 6.10 Å².